The number of hydrogen-bond acceptors (Lipinski definition) is 3. The summed E-state index contributed by atoms with van der Waals surface area (Å²) >= 11 is 0. The summed E-state index contributed by atoms with van der Waals surface area (Å²) in [5.41, 5.74) is 0. The number of carbonyl (C=O) groups is 1. The minimum Gasteiger partial charge on any atom is -0.352 e. The second-order valence-electron chi connectivity index (χ2n) is 7.28. The van der Waals surface area contributed by atoms with Gasteiger partial charge in [0, 0.05) is 18.1 Å². The molecule has 120 valence electrons. The summed E-state index contributed by atoms with van der Waals surface area (Å²) in [5.74, 6) is 0.897. The van der Waals surface area contributed by atoms with Crippen LogP contribution in [0.3, 0.4) is 0 Å². The topological polar surface area (TPSA) is 53.2 Å². The van der Waals surface area contributed by atoms with Gasteiger partial charge in [0.1, 0.15) is 0 Å². The summed E-state index contributed by atoms with van der Waals surface area (Å²) in [6.45, 7) is 3.20. The number of carbonyl (C=O) groups excluding carboxylic acids is 1. The van der Waals surface area contributed by atoms with Crippen LogP contribution >= 0.6 is 0 Å². The molecule has 0 bridgehead atoms. The second kappa shape index (κ2) is 7.10. The smallest absolute Gasteiger partial charge is 0.237 e. The molecule has 0 spiro atoms. The fourth-order valence-electron chi connectivity index (χ4n) is 4.04. The molecule has 2 saturated carbocycles. The molecule has 3 aliphatic rings. The van der Waals surface area contributed by atoms with Crippen LogP contribution in [-0.4, -0.2) is 36.6 Å². The van der Waals surface area contributed by atoms with Crippen molar-refractivity contribution >= 4 is 5.91 Å². The van der Waals surface area contributed by atoms with E-state index in [1.165, 1.54) is 51.5 Å². The minimum absolute atomic E-state index is 0.0557. The van der Waals surface area contributed by atoms with E-state index in [2.05, 4.69) is 16.0 Å². The van der Waals surface area contributed by atoms with Crippen molar-refractivity contribution in [2.45, 2.75) is 88.9 Å². The van der Waals surface area contributed by atoms with E-state index in [0.29, 0.717) is 24.0 Å². The first-order chi connectivity index (χ1) is 10.2. The van der Waals surface area contributed by atoms with Crippen molar-refractivity contribution in [2.75, 3.05) is 6.54 Å². The van der Waals surface area contributed by atoms with Crippen molar-refractivity contribution in [3.63, 3.8) is 0 Å². The van der Waals surface area contributed by atoms with E-state index in [1.54, 1.807) is 0 Å². The Hall–Kier alpha value is -0.610. The predicted molar refractivity (Wildman–Crippen MR) is 85.2 cm³/mol. The average Bonchev–Trinajstić information content (AvgIpc) is 3.32. The van der Waals surface area contributed by atoms with Crippen molar-refractivity contribution < 1.29 is 4.79 Å². The molecule has 3 fully saturated rings. The van der Waals surface area contributed by atoms with Crippen LogP contribution in [0.2, 0.25) is 0 Å². The maximum atomic E-state index is 12.2. The van der Waals surface area contributed by atoms with E-state index < -0.39 is 0 Å². The maximum Gasteiger partial charge on any atom is 0.237 e. The van der Waals surface area contributed by atoms with Gasteiger partial charge in [0.25, 0.3) is 0 Å². The SMILES string of the molecule is CC(NC1CCCCC1C1CCCCN1)C(=O)NC1CC1. The fourth-order valence-corrected chi connectivity index (χ4v) is 4.04. The molecule has 1 saturated heterocycles. The van der Waals surface area contributed by atoms with Gasteiger partial charge in [0.15, 0.2) is 0 Å². The Morgan fingerprint density at radius 3 is 2.52 bits per heavy atom. The van der Waals surface area contributed by atoms with Crippen LogP contribution in [0.15, 0.2) is 0 Å². The Labute approximate surface area is 128 Å². The van der Waals surface area contributed by atoms with Crippen molar-refractivity contribution in [1.29, 1.82) is 0 Å². The molecule has 0 aromatic rings. The molecule has 2 aliphatic carbocycles. The molecule has 4 nitrogen and oxygen atoms in total. The lowest BCUT2D eigenvalue weighted by molar-refractivity contribution is -0.123. The molecular weight excluding hydrogens is 262 g/mol. The van der Waals surface area contributed by atoms with Gasteiger partial charge in [0.2, 0.25) is 5.91 Å². The van der Waals surface area contributed by atoms with Gasteiger partial charge < -0.3 is 16.0 Å². The molecule has 0 aromatic heterocycles. The van der Waals surface area contributed by atoms with Gasteiger partial charge in [-0.2, -0.15) is 0 Å². The van der Waals surface area contributed by atoms with Crippen molar-refractivity contribution in [1.82, 2.24) is 16.0 Å². The normalized spacial score (nSPS) is 35.2. The van der Waals surface area contributed by atoms with Crippen molar-refractivity contribution in [3.8, 4) is 0 Å². The molecule has 4 heteroatoms. The molecule has 0 aromatic carbocycles. The van der Waals surface area contributed by atoms with Gasteiger partial charge in [-0.05, 0) is 57.9 Å². The first-order valence-corrected chi connectivity index (χ1v) is 9.04. The van der Waals surface area contributed by atoms with E-state index >= 15 is 0 Å². The van der Waals surface area contributed by atoms with E-state index in [0.717, 1.165) is 12.8 Å². The molecule has 3 rings (SSSR count). The van der Waals surface area contributed by atoms with E-state index in [9.17, 15) is 4.79 Å². The van der Waals surface area contributed by atoms with E-state index in [4.69, 9.17) is 0 Å². The van der Waals surface area contributed by atoms with Gasteiger partial charge >= 0.3 is 0 Å². The van der Waals surface area contributed by atoms with Gasteiger partial charge in [-0.3, -0.25) is 4.79 Å². The zero-order chi connectivity index (χ0) is 14.7. The number of hydrogen-bond donors (Lipinski definition) is 3. The lowest BCUT2D eigenvalue weighted by atomic mass is 9.77. The monoisotopic (exact) mass is 293 g/mol. The number of rotatable bonds is 5. The predicted octanol–water partition coefficient (Wildman–Crippen LogP) is 1.94. The average molecular weight is 293 g/mol. The highest BCUT2D eigenvalue weighted by molar-refractivity contribution is 5.81. The Balaban J connectivity index is 1.53. The largest absolute Gasteiger partial charge is 0.352 e. The molecule has 4 atom stereocenters. The van der Waals surface area contributed by atoms with E-state index in [-0.39, 0.29) is 11.9 Å². The van der Waals surface area contributed by atoms with Crippen LogP contribution in [0.5, 0.6) is 0 Å². The Morgan fingerprint density at radius 2 is 1.81 bits per heavy atom. The summed E-state index contributed by atoms with van der Waals surface area (Å²) in [5, 5.41) is 10.5. The van der Waals surface area contributed by atoms with Crippen LogP contribution in [0.4, 0.5) is 0 Å². The Morgan fingerprint density at radius 1 is 1.05 bits per heavy atom. The van der Waals surface area contributed by atoms with Crippen molar-refractivity contribution in [3.05, 3.63) is 0 Å². The third kappa shape index (κ3) is 4.19. The molecule has 21 heavy (non-hydrogen) atoms. The zero-order valence-corrected chi connectivity index (χ0v) is 13.4. The second-order valence-corrected chi connectivity index (χ2v) is 7.28. The van der Waals surface area contributed by atoms with Gasteiger partial charge in [-0.15, -0.1) is 0 Å². The molecule has 1 heterocycles. The quantitative estimate of drug-likeness (QED) is 0.726. The highest BCUT2D eigenvalue weighted by atomic mass is 16.2. The van der Waals surface area contributed by atoms with E-state index in [1.807, 2.05) is 6.92 Å². The van der Waals surface area contributed by atoms with Crippen LogP contribution in [0, 0.1) is 5.92 Å². The van der Waals surface area contributed by atoms with Crippen LogP contribution in [-0.2, 0) is 4.79 Å². The van der Waals surface area contributed by atoms with Gasteiger partial charge in [-0.25, -0.2) is 0 Å². The summed E-state index contributed by atoms with van der Waals surface area (Å²) in [7, 11) is 0. The molecule has 1 aliphatic heterocycles. The fraction of sp³-hybridized carbons (Fsp3) is 0.941. The Kier molecular flexibility index (Phi) is 5.17. The molecule has 4 unspecified atom stereocenters. The highest BCUT2D eigenvalue weighted by Crippen LogP contribution is 2.30. The molecule has 0 radical (unpaired) electrons. The highest BCUT2D eigenvalue weighted by Gasteiger charge is 2.34. The number of nitrogens with one attached hydrogen (secondary N) is 3. The van der Waals surface area contributed by atoms with Gasteiger partial charge in [-0.1, -0.05) is 19.3 Å². The first kappa shape index (κ1) is 15.3. The number of piperidine rings is 1. The number of amides is 1. The summed E-state index contributed by atoms with van der Waals surface area (Å²) in [4.78, 5) is 12.2. The summed E-state index contributed by atoms with van der Waals surface area (Å²) < 4.78 is 0. The zero-order valence-electron chi connectivity index (χ0n) is 13.4. The molecule has 3 N–H and O–H groups in total. The summed E-state index contributed by atoms with van der Waals surface area (Å²) in [6.07, 6.45) is 11.5. The van der Waals surface area contributed by atoms with Crippen LogP contribution in [0.25, 0.3) is 0 Å². The minimum atomic E-state index is -0.0557. The third-order valence-corrected chi connectivity index (χ3v) is 5.47. The summed E-state index contributed by atoms with van der Waals surface area (Å²) in [6, 6.07) is 1.58. The van der Waals surface area contributed by atoms with Crippen molar-refractivity contribution in [2.24, 2.45) is 5.92 Å². The lowest BCUT2D eigenvalue weighted by Gasteiger charge is -2.40. The van der Waals surface area contributed by atoms with Crippen LogP contribution in [0.1, 0.15) is 64.7 Å². The third-order valence-electron chi connectivity index (χ3n) is 5.47. The molecular formula is C17H31N3O. The molecule has 1 amide bonds. The Bertz CT molecular complexity index is 350. The van der Waals surface area contributed by atoms with Crippen LogP contribution < -0.4 is 16.0 Å². The maximum absolute atomic E-state index is 12.2. The standard InChI is InChI=1S/C17H31N3O/c1-12(17(21)20-13-9-10-13)19-16-8-3-2-6-14(16)15-7-4-5-11-18-15/h12-16,18-19H,2-11H2,1H3,(H,20,21). The first-order valence-electron chi connectivity index (χ1n) is 9.04. The van der Waals surface area contributed by atoms with Gasteiger partial charge in [0.05, 0.1) is 6.04 Å². The lowest BCUT2D eigenvalue weighted by Crippen LogP contribution is -2.55.